The van der Waals surface area contributed by atoms with Crippen LogP contribution in [0, 0.1) is 5.92 Å². The molecule has 0 aliphatic heterocycles. The van der Waals surface area contributed by atoms with Gasteiger partial charge in [-0.25, -0.2) is 0 Å². The normalized spacial score (nSPS) is 22.1. The molecule has 1 saturated carbocycles. The molecule has 0 heterocycles. The van der Waals surface area contributed by atoms with Crippen LogP contribution >= 0.6 is 0 Å². The first-order valence-electron chi connectivity index (χ1n) is 3.39. The minimum Gasteiger partial charge on any atom is -0.0625 e. The van der Waals surface area contributed by atoms with Crippen molar-refractivity contribution in [1.82, 2.24) is 0 Å². The van der Waals surface area contributed by atoms with E-state index in [0.717, 1.165) is 5.92 Å². The summed E-state index contributed by atoms with van der Waals surface area (Å²) in [5.41, 5.74) is 0. The Kier molecular flexibility index (Phi) is 4.71. The Labute approximate surface area is 62.8 Å². The average molecular weight is 128 g/mol. The third-order valence-electron chi connectivity index (χ3n) is 1.89. The highest BCUT2D eigenvalue weighted by Gasteiger charge is 2.05. The third-order valence-corrected chi connectivity index (χ3v) is 1.89. The van der Waals surface area contributed by atoms with Crippen LogP contribution in [0.5, 0.6) is 0 Å². The summed E-state index contributed by atoms with van der Waals surface area (Å²) in [6.07, 6.45) is 7.44. The Hall–Kier alpha value is 0.532. The van der Waals surface area contributed by atoms with Crippen molar-refractivity contribution >= 4 is 17.4 Å². The molecule has 0 aromatic heterocycles. The molecule has 0 spiro atoms. The highest BCUT2D eigenvalue weighted by molar-refractivity contribution is 5.75. The van der Waals surface area contributed by atoms with E-state index in [9.17, 15) is 0 Å². The SMILES string of the molecule is CC1CCCCC1.[AlH3]. The maximum absolute atomic E-state index is 2.36. The van der Waals surface area contributed by atoms with Crippen molar-refractivity contribution in [3.8, 4) is 0 Å². The molecule has 0 aromatic rings. The molecule has 1 aliphatic rings. The first-order chi connectivity index (χ1) is 3.39. The van der Waals surface area contributed by atoms with Crippen LogP contribution in [0.25, 0.3) is 0 Å². The van der Waals surface area contributed by atoms with Crippen LogP contribution < -0.4 is 0 Å². The van der Waals surface area contributed by atoms with Gasteiger partial charge in [-0.3, -0.25) is 0 Å². The Morgan fingerprint density at radius 2 is 1.50 bits per heavy atom. The molecule has 1 aliphatic carbocycles. The minimum absolute atomic E-state index is 0. The van der Waals surface area contributed by atoms with Crippen LogP contribution in [0.3, 0.4) is 0 Å². The average Bonchev–Trinajstić information content (AvgIpc) is 1.69. The fraction of sp³-hybridized carbons (Fsp3) is 1.00. The van der Waals surface area contributed by atoms with Gasteiger partial charge >= 0.3 is 0 Å². The lowest BCUT2D eigenvalue weighted by atomic mass is 9.91. The molecule has 0 unspecified atom stereocenters. The maximum atomic E-state index is 2.36. The van der Waals surface area contributed by atoms with Gasteiger partial charge in [-0.2, -0.15) is 0 Å². The molecule has 1 heteroatoms. The third kappa shape index (κ3) is 2.75. The molecule has 0 atom stereocenters. The van der Waals surface area contributed by atoms with Gasteiger partial charge in [-0.1, -0.05) is 39.0 Å². The second-order valence-corrected chi connectivity index (χ2v) is 2.74. The highest BCUT2D eigenvalue weighted by atomic mass is 27.0. The van der Waals surface area contributed by atoms with Gasteiger partial charge in [0.1, 0.15) is 0 Å². The molecular weight excluding hydrogens is 111 g/mol. The van der Waals surface area contributed by atoms with Crippen LogP contribution in [0.1, 0.15) is 39.0 Å². The van der Waals surface area contributed by atoms with Gasteiger partial charge in [0.15, 0.2) is 17.4 Å². The van der Waals surface area contributed by atoms with Crippen LogP contribution in [0.4, 0.5) is 0 Å². The van der Waals surface area contributed by atoms with Crippen molar-refractivity contribution in [3.05, 3.63) is 0 Å². The lowest BCUT2D eigenvalue weighted by Crippen LogP contribution is -1.99. The molecule has 1 fully saturated rings. The highest BCUT2D eigenvalue weighted by Crippen LogP contribution is 2.21. The van der Waals surface area contributed by atoms with Crippen LogP contribution in [0.2, 0.25) is 0 Å². The molecular formula is C7H17Al. The summed E-state index contributed by atoms with van der Waals surface area (Å²) in [4.78, 5) is 0. The largest absolute Gasteiger partial charge is 0.187 e. The van der Waals surface area contributed by atoms with E-state index in [1.54, 1.807) is 0 Å². The lowest BCUT2D eigenvalue weighted by molar-refractivity contribution is 0.385. The van der Waals surface area contributed by atoms with E-state index in [0.29, 0.717) is 0 Å². The topological polar surface area (TPSA) is 0 Å². The Morgan fingerprint density at radius 3 is 1.75 bits per heavy atom. The van der Waals surface area contributed by atoms with Gasteiger partial charge in [0.05, 0.1) is 0 Å². The quantitative estimate of drug-likeness (QED) is 0.433. The van der Waals surface area contributed by atoms with Gasteiger partial charge in [0.2, 0.25) is 0 Å². The molecule has 1 rings (SSSR count). The van der Waals surface area contributed by atoms with Gasteiger partial charge in [-0.05, 0) is 5.92 Å². The van der Waals surface area contributed by atoms with Gasteiger partial charge in [0, 0.05) is 0 Å². The van der Waals surface area contributed by atoms with E-state index in [-0.39, 0.29) is 17.4 Å². The van der Waals surface area contributed by atoms with Crippen molar-refractivity contribution in [2.45, 2.75) is 39.0 Å². The zero-order chi connectivity index (χ0) is 5.11. The lowest BCUT2D eigenvalue weighted by Gasteiger charge is -2.15. The first-order valence-corrected chi connectivity index (χ1v) is 3.39. The zero-order valence-corrected chi connectivity index (χ0v) is 5.11. The van der Waals surface area contributed by atoms with Crippen molar-refractivity contribution in [1.29, 1.82) is 0 Å². The van der Waals surface area contributed by atoms with Gasteiger partial charge in [0.25, 0.3) is 0 Å². The van der Waals surface area contributed by atoms with Crippen molar-refractivity contribution in [2.75, 3.05) is 0 Å². The zero-order valence-electron chi connectivity index (χ0n) is 5.11. The van der Waals surface area contributed by atoms with Crippen LogP contribution in [0.15, 0.2) is 0 Å². The van der Waals surface area contributed by atoms with E-state index in [1.807, 2.05) is 0 Å². The molecule has 8 heavy (non-hydrogen) atoms. The van der Waals surface area contributed by atoms with E-state index < -0.39 is 0 Å². The minimum atomic E-state index is 0. The van der Waals surface area contributed by atoms with E-state index in [1.165, 1.54) is 32.1 Å². The summed E-state index contributed by atoms with van der Waals surface area (Å²) in [5.74, 6) is 1.04. The van der Waals surface area contributed by atoms with E-state index >= 15 is 0 Å². The van der Waals surface area contributed by atoms with Crippen molar-refractivity contribution in [3.63, 3.8) is 0 Å². The summed E-state index contributed by atoms with van der Waals surface area (Å²) in [7, 11) is 0. The molecule has 0 bridgehead atoms. The van der Waals surface area contributed by atoms with Crippen LogP contribution in [-0.4, -0.2) is 17.4 Å². The summed E-state index contributed by atoms with van der Waals surface area (Å²) < 4.78 is 0. The predicted octanol–water partition coefficient (Wildman–Crippen LogP) is 1.40. The fourth-order valence-electron chi connectivity index (χ4n) is 1.31. The van der Waals surface area contributed by atoms with Gasteiger partial charge < -0.3 is 0 Å². The standard InChI is InChI=1S/C7H14.Al.3H/c1-7-5-3-2-4-6-7;;;;/h7H,2-6H2,1H3;;;;. The Morgan fingerprint density at radius 1 is 1.00 bits per heavy atom. The van der Waals surface area contributed by atoms with Crippen molar-refractivity contribution in [2.24, 2.45) is 5.92 Å². The number of rotatable bonds is 0. The maximum Gasteiger partial charge on any atom is 0.187 e. The molecule has 0 saturated heterocycles. The predicted molar refractivity (Wildman–Crippen MR) is 42.2 cm³/mol. The monoisotopic (exact) mass is 128 g/mol. The molecule has 0 N–H and O–H groups in total. The van der Waals surface area contributed by atoms with E-state index in [4.69, 9.17) is 0 Å². The number of hydrogen-bond donors (Lipinski definition) is 0. The van der Waals surface area contributed by atoms with Crippen molar-refractivity contribution < 1.29 is 0 Å². The molecule has 0 aromatic carbocycles. The van der Waals surface area contributed by atoms with Crippen LogP contribution in [-0.2, 0) is 0 Å². The number of hydrogen-bond acceptors (Lipinski definition) is 0. The first kappa shape index (κ1) is 8.53. The molecule has 48 valence electrons. The smallest absolute Gasteiger partial charge is 0.0625 e. The Balaban J connectivity index is 0.000000490. The second-order valence-electron chi connectivity index (χ2n) is 2.74. The molecule has 0 nitrogen and oxygen atoms in total. The summed E-state index contributed by atoms with van der Waals surface area (Å²) in [6, 6.07) is 0. The van der Waals surface area contributed by atoms with E-state index in [2.05, 4.69) is 6.92 Å². The van der Waals surface area contributed by atoms with Gasteiger partial charge in [-0.15, -0.1) is 0 Å². The summed E-state index contributed by atoms with van der Waals surface area (Å²) in [5, 5.41) is 0. The summed E-state index contributed by atoms with van der Waals surface area (Å²) in [6.45, 7) is 2.36. The second kappa shape index (κ2) is 4.42. The molecule has 0 radical (unpaired) electrons. The molecule has 0 amide bonds. The summed E-state index contributed by atoms with van der Waals surface area (Å²) >= 11 is 0. The Bertz CT molecular complexity index is 46.3. The fourth-order valence-corrected chi connectivity index (χ4v) is 1.31.